The minimum atomic E-state index is -0.294. The molecular weight excluding hydrogens is 352 g/mol. The van der Waals surface area contributed by atoms with Gasteiger partial charge in [-0.2, -0.15) is 12.6 Å². The Morgan fingerprint density at radius 2 is 1.96 bits per heavy atom. The van der Waals surface area contributed by atoms with Crippen LogP contribution in [0.2, 0.25) is 0 Å². The van der Waals surface area contributed by atoms with E-state index in [4.69, 9.17) is 12.6 Å². The average Bonchev–Trinajstić information content (AvgIpc) is 3.43. The number of hydrogen-bond acceptors (Lipinski definition) is 3. The van der Waals surface area contributed by atoms with Crippen LogP contribution in [0.4, 0.5) is 0 Å². The molecule has 0 aliphatic heterocycles. The zero-order valence-electron chi connectivity index (χ0n) is 16.5. The number of carbonyl (C=O) groups is 1. The van der Waals surface area contributed by atoms with Crippen molar-refractivity contribution in [1.29, 1.82) is 0 Å². The molecule has 3 nitrogen and oxygen atoms in total. The second-order valence-corrected chi connectivity index (χ2v) is 9.14. The van der Waals surface area contributed by atoms with Crippen molar-refractivity contribution in [3.63, 3.8) is 0 Å². The minimum Gasteiger partial charge on any atom is -0.341 e. The maximum absolute atomic E-state index is 13.1. The summed E-state index contributed by atoms with van der Waals surface area (Å²) in [5.41, 5.74) is 2.52. The van der Waals surface area contributed by atoms with Gasteiger partial charge in [0.1, 0.15) is 0 Å². The number of amides is 1. The molecule has 1 N–H and O–H groups in total. The lowest BCUT2D eigenvalue weighted by molar-refractivity contribution is 0.0928. The summed E-state index contributed by atoms with van der Waals surface area (Å²) < 4.78 is -0.0377. The van der Waals surface area contributed by atoms with Crippen molar-refractivity contribution in [2.24, 2.45) is 5.92 Å². The van der Waals surface area contributed by atoms with Crippen molar-refractivity contribution in [2.75, 3.05) is 0 Å². The third kappa shape index (κ3) is 4.55. The summed E-state index contributed by atoms with van der Waals surface area (Å²) in [6.07, 6.45) is 6.70. The van der Waals surface area contributed by atoms with Crippen molar-refractivity contribution in [3.05, 3.63) is 65.5 Å². The van der Waals surface area contributed by atoms with E-state index >= 15 is 0 Å². The number of nitrogens with one attached hydrogen (secondary N) is 1. The fourth-order valence-corrected chi connectivity index (χ4v) is 4.04. The quantitative estimate of drug-likeness (QED) is 0.619. The fourth-order valence-electron chi connectivity index (χ4n) is 3.72. The van der Waals surface area contributed by atoms with Crippen molar-refractivity contribution < 1.29 is 4.79 Å². The lowest BCUT2D eigenvalue weighted by atomic mass is 9.84. The van der Waals surface area contributed by atoms with Crippen LogP contribution in [0.3, 0.4) is 0 Å². The summed E-state index contributed by atoms with van der Waals surface area (Å²) in [5, 5.41) is 3.26. The molecule has 0 radical (unpaired) electrons. The second-order valence-electron chi connectivity index (χ2n) is 8.12. The lowest BCUT2D eigenvalue weighted by Gasteiger charge is -2.31. The van der Waals surface area contributed by atoms with Crippen LogP contribution in [0, 0.1) is 5.92 Å². The van der Waals surface area contributed by atoms with Crippen LogP contribution in [0.15, 0.2) is 48.7 Å². The molecule has 0 saturated heterocycles. The van der Waals surface area contributed by atoms with Gasteiger partial charge in [0.25, 0.3) is 5.91 Å². The van der Waals surface area contributed by atoms with Gasteiger partial charge in [-0.1, -0.05) is 51.5 Å². The van der Waals surface area contributed by atoms with E-state index in [0.29, 0.717) is 5.92 Å². The van der Waals surface area contributed by atoms with Gasteiger partial charge in [-0.15, -0.1) is 0 Å². The van der Waals surface area contributed by atoms with Crippen molar-refractivity contribution >= 4 is 18.5 Å². The Morgan fingerprint density at radius 3 is 2.59 bits per heavy atom. The minimum absolute atomic E-state index is 0.00249. The molecule has 2 unspecified atom stereocenters. The van der Waals surface area contributed by atoms with Crippen molar-refractivity contribution in [1.82, 2.24) is 10.3 Å². The molecule has 0 spiro atoms. The molecule has 4 heteroatoms. The number of rotatable bonds is 8. The van der Waals surface area contributed by atoms with E-state index < -0.39 is 0 Å². The number of carbonyl (C=O) groups excluding carboxylic acids is 1. The van der Waals surface area contributed by atoms with Gasteiger partial charge in [-0.05, 0) is 55.4 Å². The number of benzene rings is 1. The van der Waals surface area contributed by atoms with Gasteiger partial charge < -0.3 is 5.32 Å². The maximum Gasteiger partial charge on any atom is 0.252 e. The molecule has 1 amide bonds. The molecule has 1 aliphatic rings. The summed E-state index contributed by atoms with van der Waals surface area (Å²) in [6.45, 7) is 6.62. The molecule has 0 bridgehead atoms. The number of hydrogen-bond donors (Lipinski definition) is 2. The van der Waals surface area contributed by atoms with E-state index in [2.05, 4.69) is 37.1 Å². The molecule has 1 aromatic carbocycles. The number of aromatic nitrogens is 1. The van der Waals surface area contributed by atoms with Gasteiger partial charge in [0.15, 0.2) is 0 Å². The van der Waals surface area contributed by atoms with E-state index in [1.165, 1.54) is 0 Å². The standard InChI is InChI=1S/C23H30N2OS/c1-4-12-22(3,27)17(2)16-18-9-5-6-10-19(18)21(26)25-23(13-14-23)20-11-7-8-15-24-20/h5-11,15,17,27H,4,12-14,16H2,1-3H3,(H,25,26). The van der Waals surface area contributed by atoms with Crippen molar-refractivity contribution in [2.45, 2.75) is 63.2 Å². The molecule has 2 aromatic rings. The molecule has 1 heterocycles. The highest BCUT2D eigenvalue weighted by Crippen LogP contribution is 2.44. The molecule has 1 aliphatic carbocycles. The molecule has 1 fully saturated rings. The highest BCUT2D eigenvalue weighted by Gasteiger charge is 2.47. The van der Waals surface area contributed by atoms with E-state index in [-0.39, 0.29) is 16.2 Å². The highest BCUT2D eigenvalue weighted by molar-refractivity contribution is 7.81. The van der Waals surface area contributed by atoms with Gasteiger partial charge in [0.2, 0.25) is 0 Å². The predicted octanol–water partition coefficient (Wildman–Crippen LogP) is 5.17. The Kier molecular flexibility index (Phi) is 5.95. The molecular formula is C23H30N2OS. The first-order valence-corrected chi connectivity index (χ1v) is 10.4. The maximum atomic E-state index is 13.1. The number of thiol groups is 1. The first kappa shape index (κ1) is 19.9. The zero-order valence-corrected chi connectivity index (χ0v) is 17.4. The summed E-state index contributed by atoms with van der Waals surface area (Å²) in [7, 11) is 0. The van der Waals surface area contributed by atoms with Crippen molar-refractivity contribution in [3.8, 4) is 0 Å². The summed E-state index contributed by atoms with van der Waals surface area (Å²) in [6, 6.07) is 13.8. The molecule has 2 atom stereocenters. The smallest absolute Gasteiger partial charge is 0.252 e. The third-order valence-corrected chi connectivity index (χ3v) is 6.53. The lowest BCUT2D eigenvalue weighted by Crippen LogP contribution is -2.36. The summed E-state index contributed by atoms with van der Waals surface area (Å²) >= 11 is 4.90. The zero-order chi connectivity index (χ0) is 19.5. The fraction of sp³-hybridized carbons (Fsp3) is 0.478. The van der Waals surface area contributed by atoms with E-state index in [1.54, 1.807) is 6.20 Å². The Hall–Kier alpha value is -1.81. The Balaban J connectivity index is 1.77. The first-order chi connectivity index (χ1) is 12.9. The first-order valence-electron chi connectivity index (χ1n) is 9.92. The molecule has 144 valence electrons. The molecule has 27 heavy (non-hydrogen) atoms. The van der Waals surface area contributed by atoms with Gasteiger partial charge in [0.05, 0.1) is 11.2 Å². The molecule has 1 aromatic heterocycles. The van der Waals surface area contributed by atoms with Crippen LogP contribution >= 0.6 is 12.6 Å². The van der Waals surface area contributed by atoms with E-state index in [1.807, 2.05) is 36.4 Å². The predicted molar refractivity (Wildman–Crippen MR) is 114 cm³/mol. The van der Waals surface area contributed by atoms with Gasteiger partial charge in [-0.25, -0.2) is 0 Å². The summed E-state index contributed by atoms with van der Waals surface area (Å²) in [5.74, 6) is 0.373. The Bertz CT molecular complexity index is 784. The van der Waals surface area contributed by atoms with E-state index in [9.17, 15) is 4.79 Å². The highest BCUT2D eigenvalue weighted by atomic mass is 32.1. The number of nitrogens with zero attached hydrogens (tertiary/aromatic N) is 1. The average molecular weight is 383 g/mol. The second kappa shape index (κ2) is 8.05. The van der Waals surface area contributed by atoms with E-state index in [0.717, 1.165) is 48.9 Å². The topological polar surface area (TPSA) is 42.0 Å². The van der Waals surface area contributed by atoms with Crippen LogP contribution in [-0.2, 0) is 12.0 Å². The normalized spacial score (nSPS) is 18.4. The third-order valence-electron chi connectivity index (χ3n) is 5.86. The van der Waals surface area contributed by atoms with Crippen LogP contribution < -0.4 is 5.32 Å². The Labute approximate surface area is 168 Å². The van der Waals surface area contributed by atoms with Gasteiger partial charge in [-0.3, -0.25) is 9.78 Å². The molecule has 1 saturated carbocycles. The van der Waals surface area contributed by atoms with Crippen LogP contribution in [0.25, 0.3) is 0 Å². The van der Waals surface area contributed by atoms with Gasteiger partial charge >= 0.3 is 0 Å². The molecule has 3 rings (SSSR count). The SMILES string of the molecule is CCCC(C)(S)C(C)Cc1ccccc1C(=O)NC1(c2ccccn2)CC1. The number of pyridine rings is 1. The Morgan fingerprint density at radius 1 is 1.26 bits per heavy atom. The largest absolute Gasteiger partial charge is 0.341 e. The summed E-state index contributed by atoms with van der Waals surface area (Å²) in [4.78, 5) is 17.6. The van der Waals surface area contributed by atoms with Crippen LogP contribution in [-0.4, -0.2) is 15.6 Å². The van der Waals surface area contributed by atoms with Crippen LogP contribution in [0.1, 0.15) is 68.1 Å². The van der Waals surface area contributed by atoms with Gasteiger partial charge in [0, 0.05) is 16.5 Å². The van der Waals surface area contributed by atoms with Crippen LogP contribution in [0.5, 0.6) is 0 Å². The monoisotopic (exact) mass is 382 g/mol.